The number of alkyl halides is 2. The molecule has 0 saturated carbocycles. The summed E-state index contributed by atoms with van der Waals surface area (Å²) in [6.07, 6.45) is -2.74. The van der Waals surface area contributed by atoms with Gasteiger partial charge in [-0.05, 0) is 31.9 Å². The van der Waals surface area contributed by atoms with E-state index in [0.29, 0.717) is 4.47 Å². The second-order valence-corrected chi connectivity index (χ2v) is 7.07. The molecular formula is C14H9Br2F2NO6. The molecule has 25 heavy (non-hydrogen) atoms. The molecule has 0 spiro atoms. The topological polar surface area (TPSA) is 83.1 Å². The summed E-state index contributed by atoms with van der Waals surface area (Å²) in [5, 5.41) is 2.66. The zero-order chi connectivity index (χ0) is 18.6. The van der Waals surface area contributed by atoms with Gasteiger partial charge >= 0.3 is 18.2 Å². The first-order chi connectivity index (χ1) is 11.5. The Balaban J connectivity index is 1.90. The zero-order valence-electron chi connectivity index (χ0n) is 12.6. The Kier molecular flexibility index (Phi) is 4.18. The molecule has 0 aromatic heterocycles. The van der Waals surface area contributed by atoms with E-state index >= 15 is 0 Å². The number of carbonyl (C=O) groups excluding carboxylic acids is 2. The number of benzene rings is 1. The third-order valence-corrected chi connectivity index (χ3v) is 4.45. The Labute approximate surface area is 156 Å². The van der Waals surface area contributed by atoms with E-state index in [4.69, 9.17) is 9.47 Å². The minimum Gasteiger partial charge on any atom is -0.419 e. The lowest BCUT2D eigenvalue weighted by molar-refractivity contribution is -0.287. The molecule has 0 aliphatic carbocycles. The molecule has 1 fully saturated rings. The van der Waals surface area contributed by atoms with Gasteiger partial charge in [0.1, 0.15) is 0 Å². The van der Waals surface area contributed by atoms with Crippen LogP contribution in [0.2, 0.25) is 0 Å². The summed E-state index contributed by atoms with van der Waals surface area (Å²) in [6, 6.07) is 1.25. The maximum Gasteiger partial charge on any atom is 0.586 e. The van der Waals surface area contributed by atoms with Crippen molar-refractivity contribution >= 4 is 49.5 Å². The number of hydrogen-bond donors (Lipinski definition) is 1. The number of ether oxygens (including phenoxy) is 4. The van der Waals surface area contributed by atoms with E-state index in [1.807, 2.05) is 0 Å². The molecule has 2 aliphatic rings. The number of cyclic esters (lactones) is 2. The van der Waals surface area contributed by atoms with Crippen molar-refractivity contribution in [3.05, 3.63) is 26.8 Å². The number of esters is 2. The summed E-state index contributed by atoms with van der Waals surface area (Å²) in [6.45, 7) is 2.83. The molecule has 2 heterocycles. The van der Waals surface area contributed by atoms with Gasteiger partial charge in [0.05, 0.1) is 10.2 Å². The Morgan fingerprint density at radius 2 is 1.68 bits per heavy atom. The molecule has 2 aliphatic heterocycles. The standard InChI is InChI=1S/C14H9Br2F2NO6/c1-13(2)24-11(20)5(12(21)25-13)4-19-9-6(15)3-7-10(8(9)16)23-14(17,18)22-7/h3-4,19H,1-2H3. The molecule has 3 rings (SSSR count). The van der Waals surface area contributed by atoms with Crippen molar-refractivity contribution in [1.82, 2.24) is 0 Å². The van der Waals surface area contributed by atoms with E-state index in [2.05, 4.69) is 46.7 Å². The second kappa shape index (κ2) is 5.84. The van der Waals surface area contributed by atoms with Crippen molar-refractivity contribution in [3.8, 4) is 11.5 Å². The second-order valence-electron chi connectivity index (χ2n) is 5.42. The van der Waals surface area contributed by atoms with Crippen molar-refractivity contribution in [2.24, 2.45) is 0 Å². The van der Waals surface area contributed by atoms with Crippen LogP contribution in [0.4, 0.5) is 14.5 Å². The van der Waals surface area contributed by atoms with E-state index in [9.17, 15) is 18.4 Å². The normalized spacial score (nSPS) is 20.0. The van der Waals surface area contributed by atoms with Crippen molar-refractivity contribution in [2.45, 2.75) is 25.9 Å². The third-order valence-electron chi connectivity index (χ3n) is 3.07. The first kappa shape index (κ1) is 17.9. The third kappa shape index (κ3) is 3.43. The molecule has 0 atom stereocenters. The number of fused-ring (bicyclic) bond motifs is 1. The number of carbonyl (C=O) groups is 2. The molecule has 134 valence electrons. The van der Waals surface area contributed by atoms with Gasteiger partial charge < -0.3 is 24.3 Å². The van der Waals surface area contributed by atoms with Crippen LogP contribution in [0.5, 0.6) is 11.5 Å². The van der Waals surface area contributed by atoms with E-state index in [1.165, 1.54) is 19.9 Å². The molecule has 0 amide bonds. The fourth-order valence-corrected chi connectivity index (χ4v) is 3.46. The van der Waals surface area contributed by atoms with E-state index in [1.54, 1.807) is 0 Å². The zero-order valence-corrected chi connectivity index (χ0v) is 15.8. The monoisotopic (exact) mass is 483 g/mol. The predicted octanol–water partition coefficient (Wildman–Crippen LogP) is 3.67. The van der Waals surface area contributed by atoms with Gasteiger partial charge in [-0.3, -0.25) is 0 Å². The minimum atomic E-state index is -3.79. The quantitative estimate of drug-likeness (QED) is 0.389. The highest BCUT2D eigenvalue weighted by Gasteiger charge is 2.45. The first-order valence-corrected chi connectivity index (χ1v) is 8.29. The highest BCUT2D eigenvalue weighted by molar-refractivity contribution is 9.11. The Hall–Kier alpha value is -1.88. The van der Waals surface area contributed by atoms with E-state index < -0.39 is 24.0 Å². The molecule has 0 bridgehead atoms. The number of anilines is 1. The predicted molar refractivity (Wildman–Crippen MR) is 86.0 cm³/mol. The number of nitrogens with one attached hydrogen (secondary N) is 1. The molecule has 0 radical (unpaired) electrons. The van der Waals surface area contributed by atoms with Crippen LogP contribution in [0.1, 0.15) is 13.8 Å². The van der Waals surface area contributed by atoms with Gasteiger partial charge in [0.25, 0.3) is 5.79 Å². The van der Waals surface area contributed by atoms with Gasteiger partial charge in [0.2, 0.25) is 0 Å². The Morgan fingerprint density at radius 3 is 2.28 bits per heavy atom. The lowest BCUT2D eigenvalue weighted by Gasteiger charge is -2.29. The molecule has 7 nitrogen and oxygen atoms in total. The van der Waals surface area contributed by atoms with Crippen molar-refractivity contribution in [3.63, 3.8) is 0 Å². The molecule has 1 saturated heterocycles. The van der Waals surface area contributed by atoms with Gasteiger partial charge in [-0.1, -0.05) is 0 Å². The smallest absolute Gasteiger partial charge is 0.419 e. The van der Waals surface area contributed by atoms with Crippen LogP contribution in [0.3, 0.4) is 0 Å². The Bertz CT molecular complexity index is 802. The van der Waals surface area contributed by atoms with Crippen LogP contribution < -0.4 is 14.8 Å². The first-order valence-electron chi connectivity index (χ1n) is 6.70. The fraction of sp³-hybridized carbons (Fsp3) is 0.286. The molecule has 0 unspecified atom stereocenters. The molecule has 1 aromatic rings. The summed E-state index contributed by atoms with van der Waals surface area (Å²) >= 11 is 6.29. The van der Waals surface area contributed by atoms with Gasteiger partial charge in [-0.25, -0.2) is 9.59 Å². The van der Waals surface area contributed by atoms with Gasteiger partial charge in [-0.15, -0.1) is 8.78 Å². The molecule has 1 aromatic carbocycles. The van der Waals surface area contributed by atoms with Crippen LogP contribution in [-0.4, -0.2) is 24.0 Å². The summed E-state index contributed by atoms with van der Waals surface area (Å²) < 4.78 is 45.5. The Morgan fingerprint density at radius 1 is 1.08 bits per heavy atom. The van der Waals surface area contributed by atoms with Gasteiger partial charge in [-0.2, -0.15) is 0 Å². The van der Waals surface area contributed by atoms with Crippen LogP contribution in [0, 0.1) is 0 Å². The molecule has 11 heteroatoms. The summed E-state index contributed by atoms with van der Waals surface area (Å²) in [5.74, 6) is -3.54. The molecule has 1 N–H and O–H groups in total. The highest BCUT2D eigenvalue weighted by Crippen LogP contribution is 2.51. The van der Waals surface area contributed by atoms with Crippen LogP contribution in [0.15, 0.2) is 26.8 Å². The summed E-state index contributed by atoms with van der Waals surface area (Å²) in [4.78, 5) is 23.8. The highest BCUT2D eigenvalue weighted by atomic mass is 79.9. The minimum absolute atomic E-state index is 0.101. The maximum atomic E-state index is 13.2. The summed E-state index contributed by atoms with van der Waals surface area (Å²) in [5.41, 5.74) is -0.167. The number of hydrogen-bond acceptors (Lipinski definition) is 7. The number of halogens is 4. The van der Waals surface area contributed by atoms with Crippen LogP contribution in [-0.2, 0) is 19.1 Å². The van der Waals surface area contributed by atoms with Crippen molar-refractivity contribution < 1.29 is 37.3 Å². The van der Waals surface area contributed by atoms with Crippen LogP contribution in [0.25, 0.3) is 0 Å². The number of rotatable bonds is 2. The maximum absolute atomic E-state index is 13.2. The lowest BCUT2D eigenvalue weighted by atomic mass is 10.2. The fourth-order valence-electron chi connectivity index (χ4n) is 2.07. The average Bonchev–Trinajstić information content (AvgIpc) is 2.74. The van der Waals surface area contributed by atoms with E-state index in [0.717, 1.165) is 6.20 Å². The van der Waals surface area contributed by atoms with Crippen LogP contribution >= 0.6 is 31.9 Å². The van der Waals surface area contributed by atoms with Crippen molar-refractivity contribution in [1.29, 1.82) is 0 Å². The average molecular weight is 485 g/mol. The summed E-state index contributed by atoms with van der Waals surface area (Å²) in [7, 11) is 0. The van der Waals surface area contributed by atoms with E-state index in [-0.39, 0.29) is 27.2 Å². The van der Waals surface area contributed by atoms with Crippen molar-refractivity contribution in [2.75, 3.05) is 5.32 Å². The van der Waals surface area contributed by atoms with Gasteiger partial charge in [0.15, 0.2) is 17.1 Å². The molecular weight excluding hydrogens is 476 g/mol. The van der Waals surface area contributed by atoms with Gasteiger partial charge in [0, 0.05) is 30.6 Å². The lowest BCUT2D eigenvalue weighted by Crippen LogP contribution is -2.42. The SMILES string of the molecule is CC1(C)OC(=O)C(=CNc2c(Br)cc3c(c2Br)OC(F)(F)O3)C(=O)O1. The largest absolute Gasteiger partial charge is 0.586 e.